The summed E-state index contributed by atoms with van der Waals surface area (Å²) >= 11 is 0. The number of urea groups is 1. The van der Waals surface area contributed by atoms with Crippen molar-refractivity contribution >= 4 is 11.7 Å². The third-order valence-corrected chi connectivity index (χ3v) is 4.25. The van der Waals surface area contributed by atoms with Crippen LogP contribution in [-0.4, -0.2) is 66.1 Å². The first-order valence-electron chi connectivity index (χ1n) is 8.47. The molecule has 1 aliphatic heterocycles. The van der Waals surface area contributed by atoms with Crippen molar-refractivity contribution in [2.45, 2.75) is 26.4 Å². The zero-order chi connectivity index (χ0) is 17.5. The first kappa shape index (κ1) is 18.3. The number of nitrogens with zero attached hydrogens (tertiary/aromatic N) is 4. The van der Waals surface area contributed by atoms with Crippen LogP contribution in [0, 0.1) is 0 Å². The summed E-state index contributed by atoms with van der Waals surface area (Å²) in [4.78, 5) is 27.5. The van der Waals surface area contributed by atoms with E-state index in [2.05, 4.69) is 15.3 Å². The van der Waals surface area contributed by atoms with Crippen LogP contribution in [0.1, 0.15) is 20.3 Å². The van der Waals surface area contributed by atoms with E-state index in [4.69, 9.17) is 4.74 Å². The van der Waals surface area contributed by atoms with Crippen molar-refractivity contribution in [2.24, 2.45) is 7.05 Å². The molecule has 1 N–H and O–H groups in total. The number of morpholine rings is 1. The number of anilines is 1. The first-order valence-corrected chi connectivity index (χ1v) is 8.47. The van der Waals surface area contributed by atoms with E-state index in [-0.39, 0.29) is 17.7 Å². The molecule has 1 aromatic heterocycles. The number of aryl methyl sites for hydroxylation is 1. The van der Waals surface area contributed by atoms with Crippen molar-refractivity contribution in [3.8, 4) is 0 Å². The largest absolute Gasteiger partial charge is 0.374 e. The lowest BCUT2D eigenvalue weighted by atomic mass is 10.2. The summed E-state index contributed by atoms with van der Waals surface area (Å²) < 4.78 is 7.08. The summed E-state index contributed by atoms with van der Waals surface area (Å²) in [6.07, 6.45) is 2.47. The fraction of sp³-hybridized carbons (Fsp3) is 0.688. The summed E-state index contributed by atoms with van der Waals surface area (Å²) in [6, 6.07) is 1.56. The second-order valence-electron chi connectivity index (χ2n) is 5.81. The van der Waals surface area contributed by atoms with Gasteiger partial charge in [0.1, 0.15) is 0 Å². The van der Waals surface area contributed by atoms with Crippen LogP contribution < -0.4 is 15.8 Å². The van der Waals surface area contributed by atoms with E-state index in [0.717, 1.165) is 18.7 Å². The van der Waals surface area contributed by atoms with E-state index in [9.17, 15) is 9.59 Å². The molecule has 1 fully saturated rings. The Morgan fingerprint density at radius 1 is 1.46 bits per heavy atom. The number of carbonyl (C=O) groups is 1. The zero-order valence-corrected chi connectivity index (χ0v) is 14.7. The highest BCUT2D eigenvalue weighted by Crippen LogP contribution is 2.16. The molecule has 0 bridgehead atoms. The quantitative estimate of drug-likeness (QED) is 0.814. The Morgan fingerprint density at radius 3 is 2.88 bits per heavy atom. The molecule has 0 aliphatic carbocycles. The van der Waals surface area contributed by atoms with E-state index in [0.29, 0.717) is 32.8 Å². The van der Waals surface area contributed by atoms with Gasteiger partial charge in [0, 0.05) is 45.8 Å². The minimum Gasteiger partial charge on any atom is -0.374 e. The van der Waals surface area contributed by atoms with Crippen LogP contribution in [-0.2, 0) is 11.8 Å². The van der Waals surface area contributed by atoms with Crippen LogP contribution in [0.3, 0.4) is 0 Å². The fourth-order valence-corrected chi connectivity index (χ4v) is 2.72. The Bertz CT molecular complexity index is 600. The lowest BCUT2D eigenvalue weighted by Crippen LogP contribution is -2.45. The van der Waals surface area contributed by atoms with Crippen molar-refractivity contribution in [1.29, 1.82) is 0 Å². The van der Waals surface area contributed by atoms with E-state index in [1.807, 2.05) is 13.8 Å². The SMILES string of the molecule is CCN(CC)C(=O)NCC[C@@H]1CN(c2cnn(C)c(=O)c2)CCO1. The predicted octanol–water partition coefficient (Wildman–Crippen LogP) is 0.427. The summed E-state index contributed by atoms with van der Waals surface area (Å²) in [5.74, 6) is 0. The molecule has 1 aliphatic rings. The number of amides is 2. The van der Waals surface area contributed by atoms with E-state index in [1.54, 1.807) is 24.2 Å². The van der Waals surface area contributed by atoms with Gasteiger partial charge in [0.2, 0.25) is 0 Å². The molecule has 0 spiro atoms. The zero-order valence-electron chi connectivity index (χ0n) is 14.7. The van der Waals surface area contributed by atoms with E-state index >= 15 is 0 Å². The fourth-order valence-electron chi connectivity index (χ4n) is 2.72. The van der Waals surface area contributed by atoms with Crippen LogP contribution in [0.2, 0.25) is 0 Å². The molecule has 2 heterocycles. The third kappa shape index (κ3) is 4.70. The van der Waals surface area contributed by atoms with Gasteiger partial charge in [-0.05, 0) is 20.3 Å². The molecular formula is C16H27N5O3. The maximum atomic E-state index is 11.9. The average molecular weight is 337 g/mol. The molecule has 0 aromatic carbocycles. The normalized spacial score (nSPS) is 17.6. The van der Waals surface area contributed by atoms with Crippen LogP contribution in [0.15, 0.2) is 17.1 Å². The Kier molecular flexibility index (Phi) is 6.60. The van der Waals surface area contributed by atoms with Gasteiger partial charge in [-0.2, -0.15) is 5.10 Å². The molecule has 1 atom stereocenters. The number of aromatic nitrogens is 2. The standard InChI is InChI=1S/C16H27N5O3/c1-4-20(5-2)16(23)17-7-6-14-12-21(8-9-24-14)13-10-15(22)19(3)18-11-13/h10-11,14H,4-9,12H2,1-3H3,(H,17,23)/t14-/m1/s1. The summed E-state index contributed by atoms with van der Waals surface area (Å²) in [5, 5.41) is 6.99. The van der Waals surface area contributed by atoms with Crippen molar-refractivity contribution in [3.63, 3.8) is 0 Å². The van der Waals surface area contributed by atoms with Crippen LogP contribution >= 0.6 is 0 Å². The van der Waals surface area contributed by atoms with Gasteiger partial charge in [0.25, 0.3) is 5.56 Å². The molecular weight excluding hydrogens is 310 g/mol. The Hall–Kier alpha value is -2.09. The first-order chi connectivity index (χ1) is 11.5. The number of carbonyl (C=O) groups excluding carboxylic acids is 1. The highest BCUT2D eigenvalue weighted by atomic mass is 16.5. The van der Waals surface area contributed by atoms with Crippen LogP contribution in [0.25, 0.3) is 0 Å². The maximum absolute atomic E-state index is 11.9. The Labute approximate surface area is 142 Å². The number of ether oxygens (including phenoxy) is 1. The topological polar surface area (TPSA) is 79.7 Å². The smallest absolute Gasteiger partial charge is 0.317 e. The number of rotatable bonds is 6. The Balaban J connectivity index is 1.84. The molecule has 1 saturated heterocycles. The van der Waals surface area contributed by atoms with Crippen LogP contribution in [0.4, 0.5) is 10.5 Å². The number of hydrogen-bond donors (Lipinski definition) is 1. The monoisotopic (exact) mass is 337 g/mol. The second-order valence-corrected chi connectivity index (χ2v) is 5.81. The van der Waals surface area contributed by atoms with Crippen molar-refractivity contribution in [2.75, 3.05) is 44.2 Å². The highest BCUT2D eigenvalue weighted by Gasteiger charge is 2.21. The number of nitrogens with one attached hydrogen (secondary N) is 1. The number of hydrogen-bond acceptors (Lipinski definition) is 5. The molecule has 0 radical (unpaired) electrons. The van der Waals surface area contributed by atoms with Crippen molar-refractivity contribution in [3.05, 3.63) is 22.6 Å². The maximum Gasteiger partial charge on any atom is 0.317 e. The molecule has 2 rings (SSSR count). The molecule has 0 saturated carbocycles. The molecule has 8 nitrogen and oxygen atoms in total. The van der Waals surface area contributed by atoms with Gasteiger partial charge >= 0.3 is 6.03 Å². The molecule has 8 heteroatoms. The third-order valence-electron chi connectivity index (χ3n) is 4.25. The van der Waals surface area contributed by atoms with Gasteiger partial charge in [-0.3, -0.25) is 4.79 Å². The lowest BCUT2D eigenvalue weighted by molar-refractivity contribution is 0.0357. The van der Waals surface area contributed by atoms with E-state index in [1.165, 1.54) is 4.68 Å². The molecule has 24 heavy (non-hydrogen) atoms. The van der Waals surface area contributed by atoms with Gasteiger partial charge in [-0.25, -0.2) is 9.48 Å². The average Bonchev–Trinajstić information content (AvgIpc) is 2.59. The van der Waals surface area contributed by atoms with Gasteiger partial charge in [-0.1, -0.05) is 0 Å². The van der Waals surface area contributed by atoms with Gasteiger partial charge in [-0.15, -0.1) is 0 Å². The minimum absolute atomic E-state index is 0.0276. The molecule has 1 aromatic rings. The summed E-state index contributed by atoms with van der Waals surface area (Å²) in [7, 11) is 1.63. The van der Waals surface area contributed by atoms with Crippen LogP contribution in [0.5, 0.6) is 0 Å². The van der Waals surface area contributed by atoms with Gasteiger partial charge < -0.3 is 19.9 Å². The molecule has 2 amide bonds. The second kappa shape index (κ2) is 8.68. The summed E-state index contributed by atoms with van der Waals surface area (Å²) in [6.45, 7) is 7.92. The van der Waals surface area contributed by atoms with Gasteiger partial charge in [0.05, 0.1) is 24.6 Å². The predicted molar refractivity (Wildman–Crippen MR) is 92.4 cm³/mol. The van der Waals surface area contributed by atoms with E-state index < -0.39 is 0 Å². The minimum atomic E-state index is -0.123. The summed E-state index contributed by atoms with van der Waals surface area (Å²) in [5.41, 5.74) is 0.695. The van der Waals surface area contributed by atoms with Gasteiger partial charge in [0.15, 0.2) is 0 Å². The highest BCUT2D eigenvalue weighted by molar-refractivity contribution is 5.73. The van der Waals surface area contributed by atoms with Crippen molar-refractivity contribution < 1.29 is 9.53 Å². The lowest BCUT2D eigenvalue weighted by Gasteiger charge is -2.34. The molecule has 134 valence electrons. The molecule has 0 unspecified atom stereocenters. The van der Waals surface area contributed by atoms with Crippen molar-refractivity contribution in [1.82, 2.24) is 20.0 Å². The Morgan fingerprint density at radius 2 is 2.21 bits per heavy atom.